The first-order valence-corrected chi connectivity index (χ1v) is 5.22. The molecule has 1 aromatic heterocycles. The van der Waals surface area contributed by atoms with Crippen molar-refractivity contribution in [2.45, 2.75) is 38.6 Å². The van der Waals surface area contributed by atoms with E-state index in [-0.39, 0.29) is 0 Å². The van der Waals surface area contributed by atoms with E-state index in [0.717, 1.165) is 0 Å². The third-order valence-electron chi connectivity index (χ3n) is 2.95. The molecule has 72 valence electrons. The number of nitrogens with zero attached hydrogens (tertiary/aromatic N) is 3. The maximum absolute atomic E-state index is 5.93. The van der Waals surface area contributed by atoms with Gasteiger partial charge in [0.15, 0.2) is 0 Å². The van der Waals surface area contributed by atoms with Crippen LogP contribution in [0.15, 0.2) is 6.33 Å². The van der Waals surface area contributed by atoms with Crippen LogP contribution in [0.2, 0.25) is 5.28 Å². The van der Waals surface area contributed by atoms with Gasteiger partial charge in [-0.2, -0.15) is 0 Å². The fourth-order valence-corrected chi connectivity index (χ4v) is 2.37. The third-order valence-corrected chi connectivity index (χ3v) is 3.22. The minimum atomic E-state index is 0.510. The Labute approximate surface area is 83.1 Å². The zero-order valence-electron chi connectivity index (χ0n) is 7.78. The summed E-state index contributed by atoms with van der Waals surface area (Å²) in [7, 11) is 0. The van der Waals surface area contributed by atoms with Crippen LogP contribution in [0.5, 0.6) is 0 Å². The van der Waals surface area contributed by atoms with E-state index in [1.165, 1.54) is 25.7 Å². The predicted octanol–water partition coefficient (Wildman–Crippen LogP) is 2.68. The van der Waals surface area contributed by atoms with Crippen LogP contribution >= 0.6 is 11.6 Å². The summed E-state index contributed by atoms with van der Waals surface area (Å²) in [5.74, 6) is 0.697. The Morgan fingerprint density at radius 2 is 2.23 bits per heavy atom. The van der Waals surface area contributed by atoms with Gasteiger partial charge in [0.05, 0.1) is 0 Å². The normalized spacial score (nSPS) is 29.1. The molecule has 0 amide bonds. The van der Waals surface area contributed by atoms with Crippen LogP contribution in [-0.2, 0) is 0 Å². The molecule has 1 heterocycles. The molecule has 0 aliphatic heterocycles. The lowest BCUT2D eigenvalue weighted by atomic mass is 9.86. The first kappa shape index (κ1) is 9.00. The van der Waals surface area contributed by atoms with Crippen molar-refractivity contribution in [2.24, 2.45) is 5.92 Å². The van der Waals surface area contributed by atoms with Crippen LogP contribution in [0.3, 0.4) is 0 Å². The molecule has 4 heteroatoms. The number of hydrogen-bond acceptors (Lipinski definition) is 2. The minimum Gasteiger partial charge on any atom is -0.301 e. The summed E-state index contributed by atoms with van der Waals surface area (Å²) in [5.41, 5.74) is 0. The average molecular weight is 200 g/mol. The molecule has 0 aromatic carbocycles. The highest BCUT2D eigenvalue weighted by Gasteiger charge is 2.24. The second-order valence-electron chi connectivity index (χ2n) is 3.84. The van der Waals surface area contributed by atoms with Gasteiger partial charge in [-0.3, -0.25) is 0 Å². The second-order valence-corrected chi connectivity index (χ2v) is 4.17. The Kier molecular flexibility index (Phi) is 2.54. The van der Waals surface area contributed by atoms with E-state index in [1.807, 2.05) is 4.57 Å². The van der Waals surface area contributed by atoms with Gasteiger partial charge in [-0.25, -0.2) is 0 Å². The lowest BCUT2D eigenvalue weighted by Crippen LogP contribution is -2.20. The number of rotatable bonds is 1. The maximum Gasteiger partial charge on any atom is 0.225 e. The van der Waals surface area contributed by atoms with E-state index in [1.54, 1.807) is 6.33 Å². The summed E-state index contributed by atoms with van der Waals surface area (Å²) in [6.07, 6.45) is 6.88. The summed E-state index contributed by atoms with van der Waals surface area (Å²) in [4.78, 5) is 0. The monoisotopic (exact) mass is 199 g/mol. The fourth-order valence-electron chi connectivity index (χ4n) is 2.16. The van der Waals surface area contributed by atoms with Gasteiger partial charge in [0, 0.05) is 6.04 Å². The Morgan fingerprint density at radius 3 is 2.85 bits per heavy atom. The molecule has 2 unspecified atom stereocenters. The molecule has 1 aromatic rings. The molecule has 0 N–H and O–H groups in total. The fraction of sp³-hybridized carbons (Fsp3) is 0.778. The largest absolute Gasteiger partial charge is 0.301 e. The zero-order valence-corrected chi connectivity index (χ0v) is 8.54. The van der Waals surface area contributed by atoms with E-state index >= 15 is 0 Å². The van der Waals surface area contributed by atoms with Crippen LogP contribution in [0.4, 0.5) is 0 Å². The Balaban J connectivity index is 2.19. The average Bonchev–Trinajstić information content (AvgIpc) is 2.52. The molecule has 2 atom stereocenters. The van der Waals surface area contributed by atoms with Crippen molar-refractivity contribution in [1.29, 1.82) is 0 Å². The standard InChI is InChI=1S/C9H14ClN3/c1-7-4-2-3-5-8(7)13-6-11-12-9(13)10/h6-8H,2-5H2,1H3. The second kappa shape index (κ2) is 3.66. The molecular formula is C9H14ClN3. The van der Waals surface area contributed by atoms with Crippen LogP contribution in [0.25, 0.3) is 0 Å². The summed E-state index contributed by atoms with van der Waals surface area (Å²) in [6, 6.07) is 0.510. The van der Waals surface area contributed by atoms with Gasteiger partial charge in [-0.1, -0.05) is 19.8 Å². The van der Waals surface area contributed by atoms with Crippen molar-refractivity contribution in [3.05, 3.63) is 11.6 Å². The molecule has 0 saturated heterocycles. The van der Waals surface area contributed by atoms with Crippen molar-refractivity contribution in [2.75, 3.05) is 0 Å². The van der Waals surface area contributed by atoms with Crippen LogP contribution in [-0.4, -0.2) is 14.8 Å². The smallest absolute Gasteiger partial charge is 0.225 e. The molecule has 1 saturated carbocycles. The van der Waals surface area contributed by atoms with E-state index in [4.69, 9.17) is 11.6 Å². The molecular weight excluding hydrogens is 186 g/mol. The highest BCUT2D eigenvalue weighted by Crippen LogP contribution is 2.34. The number of aromatic nitrogens is 3. The first-order valence-electron chi connectivity index (χ1n) is 4.84. The van der Waals surface area contributed by atoms with E-state index in [0.29, 0.717) is 17.2 Å². The van der Waals surface area contributed by atoms with Gasteiger partial charge >= 0.3 is 0 Å². The highest BCUT2D eigenvalue weighted by molar-refractivity contribution is 6.28. The maximum atomic E-state index is 5.93. The predicted molar refractivity (Wildman–Crippen MR) is 51.7 cm³/mol. The van der Waals surface area contributed by atoms with Crippen molar-refractivity contribution in [3.8, 4) is 0 Å². The van der Waals surface area contributed by atoms with Gasteiger partial charge in [0.2, 0.25) is 5.28 Å². The van der Waals surface area contributed by atoms with Crippen molar-refractivity contribution >= 4 is 11.6 Å². The summed E-state index contributed by atoms with van der Waals surface area (Å²) in [6.45, 7) is 2.28. The molecule has 0 radical (unpaired) electrons. The topological polar surface area (TPSA) is 30.7 Å². The highest BCUT2D eigenvalue weighted by atomic mass is 35.5. The minimum absolute atomic E-state index is 0.510. The zero-order chi connectivity index (χ0) is 9.26. The van der Waals surface area contributed by atoms with Crippen molar-refractivity contribution in [3.63, 3.8) is 0 Å². The molecule has 0 bridgehead atoms. The van der Waals surface area contributed by atoms with E-state index in [9.17, 15) is 0 Å². The van der Waals surface area contributed by atoms with E-state index in [2.05, 4.69) is 17.1 Å². The molecule has 1 aliphatic rings. The van der Waals surface area contributed by atoms with Gasteiger partial charge in [-0.05, 0) is 30.4 Å². The van der Waals surface area contributed by atoms with Gasteiger partial charge < -0.3 is 4.57 Å². The quantitative estimate of drug-likeness (QED) is 0.696. The Bertz CT molecular complexity index is 284. The number of hydrogen-bond donors (Lipinski definition) is 0. The number of halogens is 1. The van der Waals surface area contributed by atoms with Crippen LogP contribution < -0.4 is 0 Å². The first-order chi connectivity index (χ1) is 6.29. The summed E-state index contributed by atoms with van der Waals surface area (Å²) in [5, 5.41) is 8.14. The lowest BCUT2D eigenvalue weighted by molar-refractivity contribution is 0.257. The Morgan fingerprint density at radius 1 is 1.46 bits per heavy atom. The van der Waals surface area contributed by atoms with Crippen molar-refractivity contribution < 1.29 is 0 Å². The molecule has 3 nitrogen and oxygen atoms in total. The third kappa shape index (κ3) is 1.70. The molecule has 1 aliphatic carbocycles. The summed E-state index contributed by atoms with van der Waals surface area (Å²) >= 11 is 5.93. The molecule has 2 rings (SSSR count). The van der Waals surface area contributed by atoms with Crippen molar-refractivity contribution in [1.82, 2.24) is 14.8 Å². The van der Waals surface area contributed by atoms with Gasteiger partial charge in [0.1, 0.15) is 6.33 Å². The van der Waals surface area contributed by atoms with Gasteiger partial charge in [0.25, 0.3) is 0 Å². The summed E-state index contributed by atoms with van der Waals surface area (Å²) < 4.78 is 2.01. The molecule has 13 heavy (non-hydrogen) atoms. The Hall–Kier alpha value is -0.570. The van der Waals surface area contributed by atoms with E-state index < -0.39 is 0 Å². The van der Waals surface area contributed by atoms with Gasteiger partial charge in [-0.15, -0.1) is 10.2 Å². The lowest BCUT2D eigenvalue weighted by Gasteiger charge is -2.29. The molecule has 0 spiro atoms. The van der Waals surface area contributed by atoms with Crippen LogP contribution in [0, 0.1) is 5.92 Å². The molecule has 1 fully saturated rings. The SMILES string of the molecule is CC1CCCCC1n1cnnc1Cl. The van der Waals surface area contributed by atoms with Crippen LogP contribution in [0.1, 0.15) is 38.6 Å².